The molecule has 0 unspecified atom stereocenters. The standard InChI is InChI=1S/C12H6BF4N3O2/c14-7-3-8(15)10(17)11(9(7)16)20-12-5(4-19-20)6(13(21)22)1-2-18-12/h1-4,21-22H. The van der Waals surface area contributed by atoms with Gasteiger partial charge in [-0.25, -0.2) is 27.2 Å². The van der Waals surface area contributed by atoms with Crippen LogP contribution in [0.25, 0.3) is 16.7 Å². The summed E-state index contributed by atoms with van der Waals surface area (Å²) in [4.78, 5) is 3.80. The summed E-state index contributed by atoms with van der Waals surface area (Å²) in [7, 11) is -1.87. The van der Waals surface area contributed by atoms with Gasteiger partial charge in [-0.05, 0) is 11.5 Å². The third-order valence-electron chi connectivity index (χ3n) is 3.08. The van der Waals surface area contributed by atoms with Crippen LogP contribution in [0, 0.1) is 23.3 Å². The zero-order valence-electron chi connectivity index (χ0n) is 10.6. The molecular weight excluding hydrogens is 305 g/mol. The molecule has 0 aliphatic heterocycles. The Balaban J connectivity index is 2.36. The fourth-order valence-corrected chi connectivity index (χ4v) is 2.08. The highest BCUT2D eigenvalue weighted by molar-refractivity contribution is 6.61. The third-order valence-corrected chi connectivity index (χ3v) is 3.08. The normalized spacial score (nSPS) is 11.2. The van der Waals surface area contributed by atoms with Crippen LogP contribution < -0.4 is 5.46 Å². The molecule has 0 bridgehead atoms. The lowest BCUT2D eigenvalue weighted by Crippen LogP contribution is -2.30. The Hall–Kier alpha value is -2.46. The van der Waals surface area contributed by atoms with Gasteiger partial charge in [0.2, 0.25) is 0 Å². The molecule has 112 valence electrons. The highest BCUT2D eigenvalue weighted by Crippen LogP contribution is 2.25. The summed E-state index contributed by atoms with van der Waals surface area (Å²) in [5.74, 6) is -6.45. The summed E-state index contributed by atoms with van der Waals surface area (Å²) in [6.07, 6.45) is 2.19. The van der Waals surface area contributed by atoms with Gasteiger partial charge in [-0.3, -0.25) is 0 Å². The molecule has 2 N–H and O–H groups in total. The molecule has 0 aliphatic rings. The van der Waals surface area contributed by atoms with Crippen molar-refractivity contribution in [2.75, 3.05) is 0 Å². The Morgan fingerprint density at radius 1 is 1.05 bits per heavy atom. The minimum atomic E-state index is -1.87. The molecule has 0 saturated heterocycles. The van der Waals surface area contributed by atoms with Crippen molar-refractivity contribution in [3.05, 3.63) is 47.8 Å². The van der Waals surface area contributed by atoms with Crippen LogP contribution in [0.4, 0.5) is 17.6 Å². The second-order valence-corrected chi connectivity index (χ2v) is 4.38. The highest BCUT2D eigenvalue weighted by atomic mass is 19.2. The van der Waals surface area contributed by atoms with Gasteiger partial charge in [-0.15, -0.1) is 0 Å². The van der Waals surface area contributed by atoms with Crippen molar-refractivity contribution in [2.24, 2.45) is 0 Å². The largest absolute Gasteiger partial charge is 0.489 e. The van der Waals surface area contributed by atoms with Crippen molar-refractivity contribution in [3.63, 3.8) is 0 Å². The smallest absolute Gasteiger partial charge is 0.423 e. The molecule has 0 aliphatic carbocycles. The summed E-state index contributed by atoms with van der Waals surface area (Å²) in [5, 5.41) is 22.1. The molecular formula is C12H6BF4N3O2. The van der Waals surface area contributed by atoms with Crippen molar-refractivity contribution < 1.29 is 27.6 Å². The van der Waals surface area contributed by atoms with Crippen molar-refractivity contribution >= 4 is 23.6 Å². The second kappa shape index (κ2) is 5.07. The Kier molecular flexibility index (Phi) is 3.34. The SMILES string of the molecule is OB(O)c1ccnc2c1cnn2-c1c(F)c(F)cc(F)c1F. The lowest BCUT2D eigenvalue weighted by atomic mass is 9.79. The number of halogens is 4. The number of hydrogen-bond donors (Lipinski definition) is 2. The summed E-state index contributed by atoms with van der Waals surface area (Å²) >= 11 is 0. The molecule has 0 fully saturated rings. The van der Waals surface area contributed by atoms with Crippen LogP contribution in [-0.4, -0.2) is 31.9 Å². The van der Waals surface area contributed by atoms with Gasteiger partial charge in [0, 0.05) is 17.6 Å². The van der Waals surface area contributed by atoms with Gasteiger partial charge in [0.1, 0.15) is 5.69 Å². The first-order valence-corrected chi connectivity index (χ1v) is 5.94. The first-order chi connectivity index (χ1) is 10.4. The van der Waals surface area contributed by atoms with E-state index in [1.54, 1.807) is 0 Å². The van der Waals surface area contributed by atoms with E-state index in [1.165, 1.54) is 6.07 Å². The lowest BCUT2D eigenvalue weighted by molar-refractivity contribution is 0.426. The first-order valence-electron chi connectivity index (χ1n) is 5.94. The molecule has 0 spiro atoms. The Labute approximate surface area is 120 Å². The van der Waals surface area contributed by atoms with Crippen LogP contribution in [0.3, 0.4) is 0 Å². The van der Waals surface area contributed by atoms with E-state index in [0.29, 0.717) is 4.68 Å². The molecule has 10 heteroatoms. The summed E-state index contributed by atoms with van der Waals surface area (Å²) in [5.41, 5.74) is -1.29. The van der Waals surface area contributed by atoms with Gasteiger partial charge in [-0.2, -0.15) is 5.10 Å². The maximum atomic E-state index is 13.8. The molecule has 2 aromatic heterocycles. The average Bonchev–Trinajstić information content (AvgIpc) is 2.89. The highest BCUT2D eigenvalue weighted by Gasteiger charge is 2.25. The van der Waals surface area contributed by atoms with Crippen molar-refractivity contribution in [1.82, 2.24) is 14.8 Å². The van der Waals surface area contributed by atoms with Crippen molar-refractivity contribution in [2.45, 2.75) is 0 Å². The summed E-state index contributed by atoms with van der Waals surface area (Å²) in [6.45, 7) is 0. The molecule has 22 heavy (non-hydrogen) atoms. The van der Waals surface area contributed by atoms with E-state index in [0.717, 1.165) is 12.4 Å². The van der Waals surface area contributed by atoms with Crippen LogP contribution in [-0.2, 0) is 0 Å². The number of pyridine rings is 1. The van der Waals surface area contributed by atoms with Crippen LogP contribution in [0.5, 0.6) is 0 Å². The van der Waals surface area contributed by atoms with E-state index in [1.807, 2.05) is 0 Å². The average molecular weight is 311 g/mol. The van der Waals surface area contributed by atoms with Crippen LogP contribution in [0.2, 0.25) is 0 Å². The molecule has 5 nitrogen and oxygen atoms in total. The fraction of sp³-hybridized carbons (Fsp3) is 0. The minimum Gasteiger partial charge on any atom is -0.423 e. The van der Waals surface area contributed by atoms with Gasteiger partial charge >= 0.3 is 7.12 Å². The molecule has 0 atom stereocenters. The second-order valence-electron chi connectivity index (χ2n) is 4.38. The Bertz CT molecular complexity index is 858. The van der Waals surface area contributed by atoms with E-state index >= 15 is 0 Å². The third kappa shape index (κ3) is 2.04. The van der Waals surface area contributed by atoms with Crippen molar-refractivity contribution in [1.29, 1.82) is 0 Å². The maximum absolute atomic E-state index is 13.8. The quantitative estimate of drug-likeness (QED) is 0.414. The maximum Gasteiger partial charge on any atom is 0.489 e. The lowest BCUT2D eigenvalue weighted by Gasteiger charge is -2.08. The fourth-order valence-electron chi connectivity index (χ4n) is 2.08. The summed E-state index contributed by atoms with van der Waals surface area (Å²) in [6, 6.07) is 1.34. The zero-order chi connectivity index (χ0) is 16.0. The zero-order valence-corrected chi connectivity index (χ0v) is 10.6. The number of nitrogens with zero attached hydrogens (tertiary/aromatic N) is 3. The number of rotatable bonds is 2. The molecule has 3 aromatic rings. The minimum absolute atomic E-state index is 0.0195. The van der Waals surface area contributed by atoms with Gasteiger partial charge in [0.05, 0.1) is 6.20 Å². The van der Waals surface area contributed by atoms with E-state index in [9.17, 15) is 27.6 Å². The van der Waals surface area contributed by atoms with E-state index in [2.05, 4.69) is 10.1 Å². The first kappa shape index (κ1) is 14.5. The Morgan fingerprint density at radius 3 is 2.27 bits per heavy atom. The number of benzene rings is 1. The Morgan fingerprint density at radius 2 is 1.68 bits per heavy atom. The molecule has 0 radical (unpaired) electrons. The number of hydrogen-bond acceptors (Lipinski definition) is 4. The van der Waals surface area contributed by atoms with Crippen molar-refractivity contribution in [3.8, 4) is 5.69 Å². The predicted molar refractivity (Wildman–Crippen MR) is 68.5 cm³/mol. The van der Waals surface area contributed by atoms with Gasteiger partial charge in [0.25, 0.3) is 0 Å². The van der Waals surface area contributed by atoms with Gasteiger partial charge in [-0.1, -0.05) is 0 Å². The van der Waals surface area contributed by atoms with Gasteiger partial charge in [0.15, 0.2) is 28.9 Å². The van der Waals surface area contributed by atoms with Crippen LogP contribution in [0.15, 0.2) is 24.5 Å². The predicted octanol–water partition coefficient (Wildman–Crippen LogP) is 0.657. The summed E-state index contributed by atoms with van der Waals surface area (Å²) < 4.78 is 54.8. The number of fused-ring (bicyclic) bond motifs is 1. The van der Waals surface area contributed by atoms with Crippen LogP contribution >= 0.6 is 0 Å². The topological polar surface area (TPSA) is 71.2 Å². The molecule has 2 heterocycles. The molecule has 1 aromatic carbocycles. The van der Waals surface area contributed by atoms with Gasteiger partial charge < -0.3 is 10.0 Å². The number of aromatic nitrogens is 3. The molecule has 3 rings (SSSR count). The van der Waals surface area contributed by atoms with E-state index in [4.69, 9.17) is 0 Å². The molecule has 0 amide bonds. The van der Waals surface area contributed by atoms with Crippen LogP contribution in [0.1, 0.15) is 0 Å². The monoisotopic (exact) mass is 311 g/mol. The van der Waals surface area contributed by atoms with E-state index in [-0.39, 0.29) is 22.6 Å². The van der Waals surface area contributed by atoms with E-state index < -0.39 is 36.1 Å². The molecule has 0 saturated carbocycles.